The SMILES string of the molecule is CC(C)(C)c1nnc(CCN)o1. The predicted octanol–water partition coefficient (Wildman–Crippen LogP) is 0.868. The Morgan fingerprint density at radius 1 is 1.33 bits per heavy atom. The zero-order valence-electron chi connectivity index (χ0n) is 7.79. The van der Waals surface area contributed by atoms with E-state index in [0.29, 0.717) is 24.7 Å². The Hall–Kier alpha value is -0.900. The van der Waals surface area contributed by atoms with Gasteiger partial charge in [0.25, 0.3) is 0 Å². The average Bonchev–Trinajstić information content (AvgIpc) is 2.35. The summed E-state index contributed by atoms with van der Waals surface area (Å²) in [7, 11) is 0. The Bertz CT molecular complexity index is 249. The lowest BCUT2D eigenvalue weighted by atomic mass is 9.97. The van der Waals surface area contributed by atoms with Crippen LogP contribution in [0.1, 0.15) is 32.6 Å². The van der Waals surface area contributed by atoms with Crippen LogP contribution in [-0.2, 0) is 11.8 Å². The summed E-state index contributed by atoms with van der Waals surface area (Å²) in [6, 6.07) is 0. The molecule has 0 spiro atoms. The summed E-state index contributed by atoms with van der Waals surface area (Å²) in [5, 5.41) is 7.81. The minimum absolute atomic E-state index is 0.0696. The summed E-state index contributed by atoms with van der Waals surface area (Å²) < 4.78 is 5.39. The van der Waals surface area contributed by atoms with Gasteiger partial charge in [-0.05, 0) is 0 Å². The molecule has 0 atom stereocenters. The number of hydrogen-bond donors (Lipinski definition) is 1. The van der Waals surface area contributed by atoms with E-state index in [9.17, 15) is 0 Å². The molecule has 0 aromatic carbocycles. The van der Waals surface area contributed by atoms with Crippen molar-refractivity contribution in [2.45, 2.75) is 32.6 Å². The van der Waals surface area contributed by atoms with Crippen LogP contribution in [0.5, 0.6) is 0 Å². The van der Waals surface area contributed by atoms with Crippen LogP contribution in [0.2, 0.25) is 0 Å². The van der Waals surface area contributed by atoms with E-state index in [-0.39, 0.29) is 5.41 Å². The van der Waals surface area contributed by atoms with Crippen LogP contribution in [0.25, 0.3) is 0 Å². The third-order valence-corrected chi connectivity index (χ3v) is 1.47. The Labute approximate surface area is 72.2 Å². The number of nitrogens with two attached hydrogens (primary N) is 1. The van der Waals surface area contributed by atoms with Crippen molar-refractivity contribution in [2.24, 2.45) is 5.73 Å². The van der Waals surface area contributed by atoms with Crippen molar-refractivity contribution < 1.29 is 4.42 Å². The molecular formula is C8H15N3O. The maximum Gasteiger partial charge on any atom is 0.221 e. The van der Waals surface area contributed by atoms with Crippen LogP contribution >= 0.6 is 0 Å². The zero-order chi connectivity index (χ0) is 9.19. The highest BCUT2D eigenvalue weighted by Crippen LogP contribution is 2.19. The van der Waals surface area contributed by atoms with Crippen LogP contribution in [-0.4, -0.2) is 16.7 Å². The highest BCUT2D eigenvalue weighted by Gasteiger charge is 2.20. The van der Waals surface area contributed by atoms with Gasteiger partial charge in [0.2, 0.25) is 11.8 Å². The molecule has 0 unspecified atom stereocenters. The quantitative estimate of drug-likeness (QED) is 0.713. The molecule has 68 valence electrons. The normalized spacial score (nSPS) is 12.0. The van der Waals surface area contributed by atoms with E-state index in [2.05, 4.69) is 10.2 Å². The van der Waals surface area contributed by atoms with E-state index in [1.807, 2.05) is 20.8 Å². The maximum absolute atomic E-state index is 5.39. The van der Waals surface area contributed by atoms with Gasteiger partial charge in [0.1, 0.15) is 0 Å². The number of nitrogens with zero attached hydrogens (tertiary/aromatic N) is 2. The standard InChI is InChI=1S/C8H15N3O/c1-8(2,3)7-11-10-6(12-7)4-5-9/h4-5,9H2,1-3H3. The molecular weight excluding hydrogens is 154 g/mol. The minimum Gasteiger partial charge on any atom is -0.425 e. The first-order chi connectivity index (χ1) is 5.54. The number of aromatic nitrogens is 2. The fourth-order valence-corrected chi connectivity index (χ4v) is 0.781. The molecule has 1 heterocycles. The van der Waals surface area contributed by atoms with Crippen LogP contribution in [0.3, 0.4) is 0 Å². The number of hydrogen-bond acceptors (Lipinski definition) is 4. The van der Waals surface area contributed by atoms with Gasteiger partial charge >= 0.3 is 0 Å². The molecule has 0 fully saturated rings. The maximum atomic E-state index is 5.39. The molecule has 0 amide bonds. The molecule has 4 nitrogen and oxygen atoms in total. The van der Waals surface area contributed by atoms with E-state index in [0.717, 1.165) is 0 Å². The third kappa shape index (κ3) is 2.04. The topological polar surface area (TPSA) is 64.9 Å². The molecule has 12 heavy (non-hydrogen) atoms. The fourth-order valence-electron chi connectivity index (χ4n) is 0.781. The first kappa shape index (κ1) is 9.19. The van der Waals surface area contributed by atoms with Crippen molar-refractivity contribution in [1.82, 2.24) is 10.2 Å². The first-order valence-electron chi connectivity index (χ1n) is 4.07. The molecule has 1 aromatic heterocycles. The van der Waals surface area contributed by atoms with E-state index in [4.69, 9.17) is 10.2 Å². The lowest BCUT2D eigenvalue weighted by Crippen LogP contribution is -2.11. The Balaban J connectivity index is 2.77. The summed E-state index contributed by atoms with van der Waals surface area (Å²) in [5.41, 5.74) is 5.28. The smallest absolute Gasteiger partial charge is 0.221 e. The Morgan fingerprint density at radius 2 is 2.00 bits per heavy atom. The second-order valence-corrected chi connectivity index (χ2v) is 3.79. The van der Waals surface area contributed by atoms with Gasteiger partial charge in [0.05, 0.1) is 0 Å². The molecule has 0 radical (unpaired) electrons. The highest BCUT2D eigenvalue weighted by atomic mass is 16.4. The van der Waals surface area contributed by atoms with Gasteiger partial charge in [-0.25, -0.2) is 0 Å². The molecule has 1 aromatic rings. The minimum atomic E-state index is -0.0696. The lowest BCUT2D eigenvalue weighted by Gasteiger charge is -2.10. The van der Waals surface area contributed by atoms with E-state index in [1.165, 1.54) is 0 Å². The molecule has 0 aliphatic carbocycles. The molecule has 0 bridgehead atoms. The second kappa shape index (κ2) is 3.23. The molecule has 0 aliphatic rings. The zero-order valence-corrected chi connectivity index (χ0v) is 7.79. The van der Waals surface area contributed by atoms with E-state index >= 15 is 0 Å². The number of rotatable bonds is 2. The highest BCUT2D eigenvalue weighted by molar-refractivity contribution is 4.96. The third-order valence-electron chi connectivity index (χ3n) is 1.47. The predicted molar refractivity (Wildman–Crippen MR) is 45.8 cm³/mol. The fraction of sp³-hybridized carbons (Fsp3) is 0.750. The first-order valence-corrected chi connectivity index (χ1v) is 4.07. The van der Waals surface area contributed by atoms with Gasteiger partial charge in [-0.2, -0.15) is 0 Å². The summed E-state index contributed by atoms with van der Waals surface area (Å²) in [6.45, 7) is 6.65. The van der Waals surface area contributed by atoms with Gasteiger partial charge in [-0.3, -0.25) is 0 Å². The van der Waals surface area contributed by atoms with Crippen molar-refractivity contribution in [1.29, 1.82) is 0 Å². The Kier molecular flexibility index (Phi) is 2.47. The van der Waals surface area contributed by atoms with Crippen molar-refractivity contribution in [3.05, 3.63) is 11.8 Å². The largest absolute Gasteiger partial charge is 0.425 e. The van der Waals surface area contributed by atoms with Gasteiger partial charge in [0, 0.05) is 18.4 Å². The van der Waals surface area contributed by atoms with Crippen molar-refractivity contribution >= 4 is 0 Å². The van der Waals surface area contributed by atoms with Gasteiger partial charge in [0.15, 0.2) is 0 Å². The van der Waals surface area contributed by atoms with E-state index < -0.39 is 0 Å². The summed E-state index contributed by atoms with van der Waals surface area (Å²) in [5.74, 6) is 1.30. The van der Waals surface area contributed by atoms with Crippen molar-refractivity contribution in [2.75, 3.05) is 6.54 Å². The molecule has 1 rings (SSSR count). The average molecular weight is 169 g/mol. The molecule has 4 heteroatoms. The molecule has 0 saturated heterocycles. The van der Waals surface area contributed by atoms with Gasteiger partial charge in [-0.1, -0.05) is 20.8 Å². The molecule has 2 N–H and O–H groups in total. The summed E-state index contributed by atoms with van der Waals surface area (Å²) in [4.78, 5) is 0. The van der Waals surface area contributed by atoms with Crippen molar-refractivity contribution in [3.8, 4) is 0 Å². The van der Waals surface area contributed by atoms with Gasteiger partial charge in [-0.15, -0.1) is 10.2 Å². The van der Waals surface area contributed by atoms with Crippen LogP contribution < -0.4 is 5.73 Å². The van der Waals surface area contributed by atoms with Crippen molar-refractivity contribution in [3.63, 3.8) is 0 Å². The monoisotopic (exact) mass is 169 g/mol. The van der Waals surface area contributed by atoms with Crippen LogP contribution in [0, 0.1) is 0 Å². The molecule has 0 aliphatic heterocycles. The Morgan fingerprint density at radius 3 is 2.42 bits per heavy atom. The van der Waals surface area contributed by atoms with E-state index in [1.54, 1.807) is 0 Å². The van der Waals surface area contributed by atoms with Gasteiger partial charge < -0.3 is 10.2 Å². The second-order valence-electron chi connectivity index (χ2n) is 3.79. The van der Waals surface area contributed by atoms with Crippen LogP contribution in [0.15, 0.2) is 4.42 Å². The lowest BCUT2D eigenvalue weighted by molar-refractivity contribution is 0.372. The molecule has 0 saturated carbocycles. The summed E-state index contributed by atoms with van der Waals surface area (Å²) in [6.07, 6.45) is 0.656. The van der Waals surface area contributed by atoms with Crippen LogP contribution in [0.4, 0.5) is 0 Å². The summed E-state index contributed by atoms with van der Waals surface area (Å²) >= 11 is 0.